The maximum Gasteiger partial charge on any atom is 0.273 e. The lowest BCUT2D eigenvalue weighted by molar-refractivity contribution is 0.0919. The molecule has 1 aromatic carbocycles. The first-order chi connectivity index (χ1) is 9.70. The van der Waals surface area contributed by atoms with E-state index in [1.165, 1.54) is 12.3 Å². The second kappa shape index (κ2) is 6.65. The molecule has 0 unspecified atom stereocenters. The van der Waals surface area contributed by atoms with Gasteiger partial charge in [0.1, 0.15) is 6.10 Å². The second-order valence-corrected chi connectivity index (χ2v) is 4.14. The zero-order valence-electron chi connectivity index (χ0n) is 11.0. The summed E-state index contributed by atoms with van der Waals surface area (Å²) in [7, 11) is 0. The minimum atomic E-state index is -0.422. The summed E-state index contributed by atoms with van der Waals surface area (Å²) in [6.45, 7) is 2.16. The molecule has 0 bridgehead atoms. The molecule has 2 N–H and O–H groups in total. The van der Waals surface area contributed by atoms with Crippen LogP contribution in [0.4, 0.5) is 4.39 Å². The van der Waals surface area contributed by atoms with Crippen molar-refractivity contribution in [3.05, 3.63) is 42.0 Å². The Bertz CT molecular complexity index is 559. The van der Waals surface area contributed by atoms with Crippen LogP contribution in [0.25, 0.3) is 0 Å². The molecule has 0 saturated heterocycles. The van der Waals surface area contributed by atoms with Crippen LogP contribution >= 0.6 is 0 Å². The van der Waals surface area contributed by atoms with Crippen LogP contribution in [0.2, 0.25) is 0 Å². The number of aromatic amines is 1. The molecule has 2 rings (SSSR count). The van der Waals surface area contributed by atoms with Crippen LogP contribution in [-0.4, -0.2) is 34.0 Å². The largest absolute Gasteiger partial charge is 0.486 e. The number of benzene rings is 1. The summed E-state index contributed by atoms with van der Waals surface area (Å²) in [4.78, 5) is 11.7. The molecular formula is C13H15FN4O2. The normalized spacial score (nSPS) is 11.9. The van der Waals surface area contributed by atoms with Gasteiger partial charge in [0.15, 0.2) is 17.3 Å². The summed E-state index contributed by atoms with van der Waals surface area (Å²) in [6.07, 6.45) is 1.64. The molecule has 1 amide bonds. The topological polar surface area (TPSA) is 79.9 Å². The summed E-state index contributed by atoms with van der Waals surface area (Å²) in [6, 6.07) is 6.17. The lowest BCUT2D eigenvalue weighted by atomic mass is 10.2. The molecule has 0 radical (unpaired) electrons. The van der Waals surface area contributed by atoms with Crippen LogP contribution in [0.5, 0.6) is 5.75 Å². The predicted molar refractivity (Wildman–Crippen MR) is 69.8 cm³/mol. The third kappa shape index (κ3) is 3.53. The standard InChI is InChI=1S/C13H15FN4O2/c1-2-9(20-12-6-4-3-5-10(12)14)7-15-13(19)11-8-16-18-17-11/h3-6,8-9H,2,7H2,1H3,(H,15,19)(H,16,17,18)/t9-/m0/s1. The van der Waals surface area contributed by atoms with Crippen LogP contribution in [0.1, 0.15) is 23.8 Å². The molecule has 20 heavy (non-hydrogen) atoms. The Balaban J connectivity index is 1.90. The number of nitrogens with zero attached hydrogens (tertiary/aromatic N) is 2. The van der Waals surface area contributed by atoms with Gasteiger partial charge >= 0.3 is 0 Å². The minimum absolute atomic E-state index is 0.176. The van der Waals surface area contributed by atoms with Crippen molar-refractivity contribution in [2.75, 3.05) is 6.54 Å². The molecule has 0 aliphatic carbocycles. The summed E-state index contributed by atoms with van der Waals surface area (Å²) in [5.41, 5.74) is 0.200. The van der Waals surface area contributed by atoms with E-state index in [-0.39, 0.29) is 30.0 Å². The van der Waals surface area contributed by atoms with E-state index in [4.69, 9.17) is 4.74 Å². The fraction of sp³-hybridized carbons (Fsp3) is 0.308. The fourth-order valence-corrected chi connectivity index (χ4v) is 1.60. The average molecular weight is 278 g/mol. The van der Waals surface area contributed by atoms with Gasteiger partial charge < -0.3 is 10.1 Å². The van der Waals surface area contributed by atoms with E-state index in [9.17, 15) is 9.18 Å². The predicted octanol–water partition coefficient (Wildman–Crippen LogP) is 1.53. The number of ether oxygens (including phenoxy) is 1. The molecule has 0 saturated carbocycles. The summed E-state index contributed by atoms with van der Waals surface area (Å²) in [5, 5.41) is 12.2. The average Bonchev–Trinajstić information content (AvgIpc) is 2.99. The number of aromatic nitrogens is 3. The van der Waals surface area contributed by atoms with Gasteiger partial charge in [-0.05, 0) is 18.6 Å². The molecule has 6 nitrogen and oxygen atoms in total. The highest BCUT2D eigenvalue weighted by atomic mass is 19.1. The summed E-state index contributed by atoms with van der Waals surface area (Å²) in [5.74, 6) is -0.599. The molecule has 1 aromatic heterocycles. The molecule has 7 heteroatoms. The number of rotatable bonds is 6. The molecule has 2 aromatic rings. The number of carbonyl (C=O) groups excluding carboxylic acids is 1. The number of halogens is 1. The third-order valence-electron chi connectivity index (χ3n) is 2.72. The zero-order valence-corrected chi connectivity index (χ0v) is 11.0. The Hall–Kier alpha value is -2.44. The minimum Gasteiger partial charge on any atom is -0.486 e. The highest BCUT2D eigenvalue weighted by Gasteiger charge is 2.14. The van der Waals surface area contributed by atoms with Crippen LogP contribution in [0, 0.1) is 5.82 Å². The van der Waals surface area contributed by atoms with Gasteiger partial charge in [0.2, 0.25) is 0 Å². The lowest BCUT2D eigenvalue weighted by Gasteiger charge is -2.18. The first kappa shape index (κ1) is 14.0. The van der Waals surface area contributed by atoms with Gasteiger partial charge in [0, 0.05) is 0 Å². The Labute approximate surface area is 115 Å². The lowest BCUT2D eigenvalue weighted by Crippen LogP contribution is -2.35. The van der Waals surface area contributed by atoms with Gasteiger partial charge in [-0.2, -0.15) is 15.4 Å². The summed E-state index contributed by atoms with van der Waals surface area (Å²) < 4.78 is 19.0. The van der Waals surface area contributed by atoms with E-state index in [1.54, 1.807) is 18.2 Å². The monoisotopic (exact) mass is 278 g/mol. The smallest absolute Gasteiger partial charge is 0.273 e. The molecule has 0 fully saturated rings. The van der Waals surface area contributed by atoms with Crippen molar-refractivity contribution in [2.45, 2.75) is 19.4 Å². The van der Waals surface area contributed by atoms with Gasteiger partial charge in [-0.1, -0.05) is 19.1 Å². The van der Waals surface area contributed by atoms with Gasteiger partial charge in [-0.25, -0.2) is 4.39 Å². The van der Waals surface area contributed by atoms with Crippen LogP contribution in [0.3, 0.4) is 0 Å². The third-order valence-corrected chi connectivity index (χ3v) is 2.72. The van der Waals surface area contributed by atoms with Crippen LogP contribution < -0.4 is 10.1 Å². The van der Waals surface area contributed by atoms with Gasteiger partial charge in [-0.15, -0.1) is 0 Å². The number of amides is 1. The first-order valence-corrected chi connectivity index (χ1v) is 6.26. The molecule has 106 valence electrons. The molecule has 0 aliphatic rings. The molecule has 0 aliphatic heterocycles. The molecule has 1 atom stereocenters. The molecule has 0 spiro atoms. The number of carbonyl (C=O) groups is 1. The van der Waals surface area contributed by atoms with Gasteiger partial charge in [-0.3, -0.25) is 4.79 Å². The fourth-order valence-electron chi connectivity index (χ4n) is 1.60. The summed E-state index contributed by atoms with van der Waals surface area (Å²) >= 11 is 0. The maximum absolute atomic E-state index is 13.5. The van der Waals surface area contributed by atoms with Crippen molar-refractivity contribution in [3.63, 3.8) is 0 Å². The number of hydrogen-bond donors (Lipinski definition) is 2. The van der Waals surface area contributed by atoms with E-state index >= 15 is 0 Å². The quantitative estimate of drug-likeness (QED) is 0.839. The van der Waals surface area contributed by atoms with Crippen LogP contribution in [0.15, 0.2) is 30.5 Å². The Morgan fingerprint density at radius 1 is 1.50 bits per heavy atom. The van der Waals surface area contributed by atoms with Crippen molar-refractivity contribution in [1.29, 1.82) is 0 Å². The maximum atomic E-state index is 13.5. The van der Waals surface area contributed by atoms with E-state index in [2.05, 4.69) is 20.7 Å². The number of hydrogen-bond acceptors (Lipinski definition) is 4. The Kier molecular flexibility index (Phi) is 4.65. The van der Waals surface area contributed by atoms with Crippen molar-refractivity contribution < 1.29 is 13.9 Å². The Morgan fingerprint density at radius 3 is 2.95 bits per heavy atom. The first-order valence-electron chi connectivity index (χ1n) is 6.26. The van der Waals surface area contributed by atoms with E-state index in [0.29, 0.717) is 6.42 Å². The van der Waals surface area contributed by atoms with Crippen molar-refractivity contribution >= 4 is 5.91 Å². The molecular weight excluding hydrogens is 263 g/mol. The van der Waals surface area contributed by atoms with Crippen LogP contribution in [-0.2, 0) is 0 Å². The van der Waals surface area contributed by atoms with Crippen molar-refractivity contribution in [2.24, 2.45) is 0 Å². The Morgan fingerprint density at radius 2 is 2.30 bits per heavy atom. The van der Waals surface area contributed by atoms with E-state index in [1.807, 2.05) is 6.92 Å². The SMILES string of the molecule is CC[C@@H](CNC(=O)c1cn[nH]n1)Oc1ccccc1F. The highest BCUT2D eigenvalue weighted by molar-refractivity contribution is 5.91. The van der Waals surface area contributed by atoms with Crippen molar-refractivity contribution in [3.8, 4) is 5.75 Å². The van der Waals surface area contributed by atoms with Crippen molar-refractivity contribution in [1.82, 2.24) is 20.7 Å². The van der Waals surface area contributed by atoms with Gasteiger partial charge in [0.05, 0.1) is 12.7 Å². The second-order valence-electron chi connectivity index (χ2n) is 4.14. The zero-order chi connectivity index (χ0) is 14.4. The van der Waals surface area contributed by atoms with E-state index in [0.717, 1.165) is 0 Å². The molecule has 1 heterocycles. The number of H-pyrrole nitrogens is 1. The highest BCUT2D eigenvalue weighted by Crippen LogP contribution is 2.17. The number of para-hydroxylation sites is 1. The van der Waals surface area contributed by atoms with E-state index < -0.39 is 5.82 Å². The van der Waals surface area contributed by atoms with Gasteiger partial charge in [0.25, 0.3) is 5.91 Å². The number of nitrogens with one attached hydrogen (secondary N) is 2.